The third kappa shape index (κ3) is 9.25. The number of rotatable bonds is 11. The summed E-state index contributed by atoms with van der Waals surface area (Å²) in [5.41, 5.74) is 9.39. The van der Waals surface area contributed by atoms with Crippen molar-refractivity contribution >= 4 is 22.7 Å². The van der Waals surface area contributed by atoms with Gasteiger partial charge in [0.25, 0.3) is 0 Å². The summed E-state index contributed by atoms with van der Waals surface area (Å²) in [6, 6.07) is 9.70. The minimum atomic E-state index is -4.95. The standard InChI is InChI=1S/C34H40F6N6.C2H6/c1-21-5-4-6-25-15-26(31(42-30(21)25)45(17-22-9-10-22)18-23-11-12-23)20-46(32(41)44-43-29-7-2-3-8-29)19-24-13-27(33(35,36)37)16-28(14-24)34(38,39)40;1-2/h4-6,13-16,22-23,29,43H,2-3,7-12,17-20H2,1H3,(H2,41,44);1-2H3. The number of pyridine rings is 1. The normalized spacial score (nSPS) is 17.3. The lowest BCUT2D eigenvalue weighted by Crippen LogP contribution is -2.40. The molecule has 2 aromatic carbocycles. The second kappa shape index (κ2) is 14.8. The summed E-state index contributed by atoms with van der Waals surface area (Å²) in [4.78, 5) is 9.04. The largest absolute Gasteiger partial charge is 0.416 e. The fourth-order valence-electron chi connectivity index (χ4n) is 6.28. The van der Waals surface area contributed by atoms with Crippen LogP contribution in [0.3, 0.4) is 0 Å². The lowest BCUT2D eigenvalue weighted by molar-refractivity contribution is -0.143. The summed E-state index contributed by atoms with van der Waals surface area (Å²) in [5, 5.41) is 5.30. The van der Waals surface area contributed by atoms with Gasteiger partial charge in [-0.15, -0.1) is 5.10 Å². The average molecular weight is 677 g/mol. The van der Waals surface area contributed by atoms with Crippen LogP contribution in [0.25, 0.3) is 10.9 Å². The first-order chi connectivity index (χ1) is 22.8. The third-order valence-corrected chi connectivity index (χ3v) is 9.18. The molecule has 3 N–H and O–H groups in total. The SMILES string of the molecule is CC.Cc1cccc2cc(CN(Cc3cc(C(F)(F)F)cc(C(F)(F)F)c3)/C(N)=N/NC3CCCC3)c(N(CC3CC3)CC3CC3)nc12. The second-order valence-corrected chi connectivity index (χ2v) is 13.3. The highest BCUT2D eigenvalue weighted by Gasteiger charge is 2.37. The van der Waals surface area contributed by atoms with Crippen LogP contribution >= 0.6 is 0 Å². The average Bonchev–Trinajstić information content (AvgIpc) is 3.98. The van der Waals surface area contributed by atoms with Crippen LogP contribution in [0.1, 0.15) is 93.0 Å². The van der Waals surface area contributed by atoms with Crippen molar-refractivity contribution in [3.63, 3.8) is 0 Å². The summed E-state index contributed by atoms with van der Waals surface area (Å²) in [6.45, 7) is 7.48. The number of halogens is 6. The molecular weight excluding hydrogens is 630 g/mol. The number of hydrogen-bond donors (Lipinski definition) is 2. The van der Waals surface area contributed by atoms with Crippen LogP contribution in [-0.2, 0) is 25.4 Å². The van der Waals surface area contributed by atoms with Gasteiger partial charge in [-0.05, 0) is 92.7 Å². The molecule has 0 unspecified atom stereocenters. The molecule has 0 atom stereocenters. The van der Waals surface area contributed by atoms with Crippen molar-refractivity contribution in [2.24, 2.45) is 22.7 Å². The monoisotopic (exact) mass is 676 g/mol. The summed E-state index contributed by atoms with van der Waals surface area (Å²) < 4.78 is 82.6. The van der Waals surface area contributed by atoms with Gasteiger partial charge in [-0.2, -0.15) is 26.3 Å². The van der Waals surface area contributed by atoms with Crippen LogP contribution < -0.4 is 16.1 Å². The maximum absolute atomic E-state index is 13.8. The number of nitrogens with one attached hydrogen (secondary N) is 1. The van der Waals surface area contributed by atoms with E-state index in [0.29, 0.717) is 11.8 Å². The molecule has 1 heterocycles. The van der Waals surface area contributed by atoms with E-state index >= 15 is 0 Å². The van der Waals surface area contributed by atoms with E-state index in [1.165, 1.54) is 0 Å². The van der Waals surface area contributed by atoms with Crippen LogP contribution in [0.5, 0.6) is 0 Å². The predicted octanol–water partition coefficient (Wildman–Crippen LogP) is 9.00. The van der Waals surface area contributed by atoms with Crippen LogP contribution in [0, 0.1) is 18.8 Å². The number of nitrogens with zero attached hydrogens (tertiary/aromatic N) is 4. The minimum Gasteiger partial charge on any atom is -0.368 e. The maximum atomic E-state index is 13.8. The Hall–Kier alpha value is -3.70. The molecule has 0 radical (unpaired) electrons. The van der Waals surface area contributed by atoms with Gasteiger partial charge in [0.05, 0.1) is 16.6 Å². The fourth-order valence-corrected chi connectivity index (χ4v) is 6.28. The van der Waals surface area contributed by atoms with Crippen molar-refractivity contribution in [3.8, 4) is 0 Å². The van der Waals surface area contributed by atoms with E-state index in [4.69, 9.17) is 10.7 Å². The summed E-state index contributed by atoms with van der Waals surface area (Å²) in [7, 11) is 0. The zero-order valence-corrected chi connectivity index (χ0v) is 27.9. The van der Waals surface area contributed by atoms with Crippen molar-refractivity contribution < 1.29 is 26.3 Å². The molecule has 12 heteroatoms. The second-order valence-electron chi connectivity index (χ2n) is 13.3. The smallest absolute Gasteiger partial charge is 0.368 e. The van der Waals surface area contributed by atoms with Gasteiger partial charge in [-0.3, -0.25) is 0 Å². The number of nitrogens with two attached hydrogens (primary N) is 1. The van der Waals surface area contributed by atoms with Gasteiger partial charge in [-0.25, -0.2) is 4.98 Å². The van der Waals surface area contributed by atoms with E-state index in [-0.39, 0.29) is 36.7 Å². The van der Waals surface area contributed by atoms with Crippen molar-refractivity contribution in [2.45, 2.75) is 104 Å². The van der Waals surface area contributed by atoms with Gasteiger partial charge >= 0.3 is 12.4 Å². The molecule has 0 bridgehead atoms. The van der Waals surface area contributed by atoms with Crippen molar-refractivity contribution in [1.29, 1.82) is 0 Å². The summed E-state index contributed by atoms with van der Waals surface area (Å²) in [5.74, 6) is 1.92. The first kappa shape index (κ1) is 35.6. The van der Waals surface area contributed by atoms with Crippen molar-refractivity contribution in [3.05, 3.63) is 70.3 Å². The molecule has 48 heavy (non-hydrogen) atoms. The number of fused-ring (bicyclic) bond motifs is 1. The van der Waals surface area contributed by atoms with Gasteiger partial charge in [0, 0.05) is 43.2 Å². The zero-order valence-electron chi connectivity index (χ0n) is 27.9. The molecule has 3 aliphatic rings. The van der Waals surface area contributed by atoms with E-state index in [2.05, 4.69) is 15.4 Å². The van der Waals surface area contributed by atoms with Gasteiger partial charge in [0.2, 0.25) is 5.96 Å². The van der Waals surface area contributed by atoms with Gasteiger partial charge < -0.3 is 21.0 Å². The van der Waals surface area contributed by atoms with E-state index in [0.717, 1.165) is 104 Å². The number of anilines is 1. The number of benzene rings is 2. The Labute approximate surface area is 278 Å². The van der Waals surface area contributed by atoms with E-state index < -0.39 is 23.5 Å². The van der Waals surface area contributed by atoms with Crippen LogP contribution in [0.4, 0.5) is 32.2 Å². The third-order valence-electron chi connectivity index (χ3n) is 9.18. The lowest BCUT2D eigenvalue weighted by Gasteiger charge is -2.30. The number of para-hydroxylation sites is 1. The number of guanidine groups is 1. The molecule has 6 rings (SSSR count). The fraction of sp³-hybridized carbons (Fsp3) is 0.556. The predicted molar refractivity (Wildman–Crippen MR) is 178 cm³/mol. The molecule has 6 nitrogen and oxygen atoms in total. The van der Waals surface area contributed by atoms with Gasteiger partial charge in [0.15, 0.2) is 0 Å². The van der Waals surface area contributed by atoms with Crippen LogP contribution in [0.15, 0.2) is 47.6 Å². The van der Waals surface area contributed by atoms with Crippen molar-refractivity contribution in [1.82, 2.24) is 15.3 Å². The Morgan fingerprint density at radius 2 is 1.44 bits per heavy atom. The molecule has 0 aliphatic heterocycles. The molecule has 3 saturated carbocycles. The summed E-state index contributed by atoms with van der Waals surface area (Å²) >= 11 is 0. The molecular formula is C36H46F6N6. The van der Waals surface area contributed by atoms with E-state index in [1.54, 1.807) is 4.90 Å². The Morgan fingerprint density at radius 3 is 1.98 bits per heavy atom. The molecule has 1 aromatic heterocycles. The quantitative estimate of drug-likeness (QED) is 0.0919. The topological polar surface area (TPSA) is 69.8 Å². The Bertz CT molecular complexity index is 1530. The minimum absolute atomic E-state index is 0.0101. The highest BCUT2D eigenvalue weighted by Crippen LogP contribution is 2.39. The Morgan fingerprint density at radius 1 is 0.854 bits per heavy atom. The van der Waals surface area contributed by atoms with Gasteiger partial charge in [-0.1, -0.05) is 44.9 Å². The zero-order chi connectivity index (χ0) is 34.6. The first-order valence-corrected chi connectivity index (χ1v) is 17.1. The highest BCUT2D eigenvalue weighted by atomic mass is 19.4. The lowest BCUT2D eigenvalue weighted by atomic mass is 10.0. The van der Waals surface area contributed by atoms with Gasteiger partial charge in [0.1, 0.15) is 5.82 Å². The van der Waals surface area contributed by atoms with E-state index in [1.807, 2.05) is 45.0 Å². The Balaban J connectivity index is 0.00000221. The number of hydrazone groups is 1. The van der Waals surface area contributed by atoms with Crippen LogP contribution in [-0.4, -0.2) is 35.0 Å². The molecule has 0 spiro atoms. The van der Waals surface area contributed by atoms with Crippen LogP contribution in [0.2, 0.25) is 0 Å². The number of aromatic nitrogens is 1. The molecule has 262 valence electrons. The summed E-state index contributed by atoms with van der Waals surface area (Å²) in [6.07, 6.45) is -1.39. The molecule has 3 aliphatic carbocycles. The Kier molecular flexibility index (Phi) is 11.0. The number of alkyl halides is 6. The highest BCUT2D eigenvalue weighted by molar-refractivity contribution is 5.85. The molecule has 0 amide bonds. The maximum Gasteiger partial charge on any atom is 0.416 e. The van der Waals surface area contributed by atoms with Crippen molar-refractivity contribution in [2.75, 3.05) is 18.0 Å². The van der Waals surface area contributed by atoms with E-state index in [9.17, 15) is 26.3 Å². The molecule has 3 aromatic rings. The molecule has 0 saturated heterocycles. The first-order valence-electron chi connectivity index (χ1n) is 17.1. The molecule has 3 fully saturated rings. The number of hydrogen-bond acceptors (Lipinski definition) is 4. The number of aryl methyl sites for hydroxylation is 1.